The monoisotopic (exact) mass is 234 g/mol. The van der Waals surface area contributed by atoms with Crippen molar-refractivity contribution in [2.24, 2.45) is 0 Å². The summed E-state index contributed by atoms with van der Waals surface area (Å²) in [6.45, 7) is 0.815. The zero-order valence-electron chi connectivity index (χ0n) is 9.80. The first-order valence-electron chi connectivity index (χ1n) is 5.34. The van der Waals surface area contributed by atoms with Crippen molar-refractivity contribution in [3.05, 3.63) is 29.7 Å². The average molecular weight is 234 g/mol. The summed E-state index contributed by atoms with van der Waals surface area (Å²) in [4.78, 5) is 17.3. The van der Waals surface area contributed by atoms with Gasteiger partial charge in [-0.05, 0) is 26.2 Å². The van der Waals surface area contributed by atoms with E-state index in [1.165, 1.54) is 6.07 Å². The van der Waals surface area contributed by atoms with E-state index in [0.717, 1.165) is 6.54 Å². The molecule has 0 spiro atoms. The van der Waals surface area contributed by atoms with Crippen molar-refractivity contribution in [3.63, 3.8) is 0 Å². The predicted molar refractivity (Wildman–Crippen MR) is 63.2 cm³/mol. The molecule has 0 bridgehead atoms. The molecule has 1 N–H and O–H groups in total. The molecule has 1 heterocycles. The number of nitrogens with zero attached hydrogens (tertiary/aromatic N) is 2. The molecule has 0 aliphatic carbocycles. The summed E-state index contributed by atoms with van der Waals surface area (Å²) >= 11 is 0. The van der Waals surface area contributed by atoms with Crippen molar-refractivity contribution in [1.82, 2.24) is 9.88 Å². The van der Waals surface area contributed by atoms with Crippen molar-refractivity contribution >= 4 is 17.1 Å². The van der Waals surface area contributed by atoms with Crippen LogP contribution in [0.25, 0.3) is 11.1 Å². The minimum atomic E-state index is -0.995. The van der Waals surface area contributed by atoms with Gasteiger partial charge in [0.15, 0.2) is 11.5 Å². The van der Waals surface area contributed by atoms with Gasteiger partial charge in [-0.2, -0.15) is 0 Å². The smallest absolute Gasteiger partial charge is 0.339 e. The van der Waals surface area contributed by atoms with Crippen molar-refractivity contribution in [2.75, 3.05) is 20.6 Å². The molecule has 0 amide bonds. The molecule has 0 aliphatic heterocycles. The van der Waals surface area contributed by atoms with Crippen LogP contribution in [0.1, 0.15) is 16.2 Å². The van der Waals surface area contributed by atoms with Gasteiger partial charge in [-0.25, -0.2) is 9.78 Å². The zero-order valence-corrected chi connectivity index (χ0v) is 9.80. The normalized spacial score (nSPS) is 11.2. The molecule has 0 atom stereocenters. The second kappa shape index (κ2) is 4.55. The Balaban J connectivity index is 2.36. The Morgan fingerprint density at radius 3 is 2.88 bits per heavy atom. The minimum Gasteiger partial charge on any atom is -0.478 e. The van der Waals surface area contributed by atoms with Gasteiger partial charge in [0.05, 0.1) is 0 Å². The summed E-state index contributed by atoms with van der Waals surface area (Å²) in [7, 11) is 3.93. The Bertz CT molecular complexity index is 546. The van der Waals surface area contributed by atoms with E-state index in [-0.39, 0.29) is 5.56 Å². The van der Waals surface area contributed by atoms with Gasteiger partial charge in [0.25, 0.3) is 0 Å². The van der Waals surface area contributed by atoms with Crippen LogP contribution in [0.4, 0.5) is 0 Å². The van der Waals surface area contributed by atoms with Crippen LogP contribution in [0.5, 0.6) is 0 Å². The van der Waals surface area contributed by atoms with Crippen LogP contribution in [0.2, 0.25) is 0 Å². The summed E-state index contributed by atoms with van der Waals surface area (Å²) in [5, 5.41) is 9.01. The summed E-state index contributed by atoms with van der Waals surface area (Å²) in [5.41, 5.74) is 1.11. The highest BCUT2D eigenvalue weighted by Gasteiger charge is 2.14. The fourth-order valence-electron chi connectivity index (χ4n) is 1.59. The van der Waals surface area contributed by atoms with Crippen LogP contribution in [-0.4, -0.2) is 41.6 Å². The molecule has 0 saturated heterocycles. The van der Waals surface area contributed by atoms with Crippen molar-refractivity contribution in [2.45, 2.75) is 6.42 Å². The third kappa shape index (κ3) is 2.45. The summed E-state index contributed by atoms with van der Waals surface area (Å²) in [6.07, 6.45) is 0.667. The van der Waals surface area contributed by atoms with E-state index >= 15 is 0 Å². The molecular formula is C12H14N2O3. The first-order valence-corrected chi connectivity index (χ1v) is 5.34. The molecule has 5 heteroatoms. The van der Waals surface area contributed by atoms with Crippen LogP contribution in [0, 0.1) is 0 Å². The van der Waals surface area contributed by atoms with E-state index < -0.39 is 5.97 Å². The third-order valence-corrected chi connectivity index (χ3v) is 2.46. The van der Waals surface area contributed by atoms with E-state index in [1.807, 2.05) is 19.0 Å². The van der Waals surface area contributed by atoms with Gasteiger partial charge in [-0.15, -0.1) is 0 Å². The van der Waals surface area contributed by atoms with E-state index in [2.05, 4.69) is 4.98 Å². The van der Waals surface area contributed by atoms with Gasteiger partial charge >= 0.3 is 5.97 Å². The van der Waals surface area contributed by atoms with Gasteiger partial charge in [-0.3, -0.25) is 0 Å². The highest BCUT2D eigenvalue weighted by Crippen LogP contribution is 2.20. The largest absolute Gasteiger partial charge is 0.478 e. The second-order valence-corrected chi connectivity index (χ2v) is 4.12. The number of likely N-dealkylation sites (N-methyl/N-ethyl adjacent to an activating group) is 1. The van der Waals surface area contributed by atoms with Crippen molar-refractivity contribution in [1.29, 1.82) is 0 Å². The Kier molecular flexibility index (Phi) is 3.10. The molecule has 17 heavy (non-hydrogen) atoms. The highest BCUT2D eigenvalue weighted by atomic mass is 16.4. The number of benzene rings is 1. The summed E-state index contributed by atoms with van der Waals surface area (Å²) in [5.74, 6) is -0.423. The summed E-state index contributed by atoms with van der Waals surface area (Å²) < 4.78 is 5.49. The Hall–Kier alpha value is -1.88. The maximum atomic E-state index is 11.0. The van der Waals surface area contributed by atoms with E-state index in [9.17, 15) is 4.79 Å². The molecule has 2 aromatic rings. The number of rotatable bonds is 4. The predicted octanol–water partition coefficient (Wildman–Crippen LogP) is 1.63. The van der Waals surface area contributed by atoms with Gasteiger partial charge in [0, 0.05) is 13.0 Å². The molecule has 1 aromatic carbocycles. The maximum Gasteiger partial charge on any atom is 0.339 e. The molecular weight excluding hydrogens is 220 g/mol. The van der Waals surface area contributed by atoms with Gasteiger partial charge in [0.2, 0.25) is 0 Å². The fraction of sp³-hybridized carbons (Fsp3) is 0.333. The first-order chi connectivity index (χ1) is 8.08. The molecule has 0 saturated carbocycles. The van der Waals surface area contributed by atoms with Crippen LogP contribution >= 0.6 is 0 Å². The standard InChI is InChI=1S/C12H14N2O3/c1-14(2)7-6-10-13-9-5-3-4-8(12(15)16)11(9)17-10/h3-5H,6-7H2,1-2H3,(H,15,16). The Morgan fingerprint density at radius 2 is 2.24 bits per heavy atom. The number of fused-ring (bicyclic) bond motifs is 1. The number of aromatic carboxylic acids is 1. The lowest BCUT2D eigenvalue weighted by Gasteiger charge is -2.05. The molecule has 5 nitrogen and oxygen atoms in total. The Labute approximate surface area is 98.7 Å². The number of carboxylic acids is 1. The lowest BCUT2D eigenvalue weighted by atomic mass is 10.2. The lowest BCUT2D eigenvalue weighted by molar-refractivity contribution is 0.0698. The summed E-state index contributed by atoms with van der Waals surface area (Å²) in [6, 6.07) is 4.94. The molecule has 2 rings (SSSR count). The van der Waals surface area contributed by atoms with Crippen LogP contribution in [0.3, 0.4) is 0 Å². The number of aromatic nitrogens is 1. The molecule has 0 unspecified atom stereocenters. The number of hydrogen-bond acceptors (Lipinski definition) is 4. The average Bonchev–Trinajstić information content (AvgIpc) is 2.68. The first kappa shape index (κ1) is 11.6. The molecule has 0 fully saturated rings. The number of oxazole rings is 1. The molecule has 0 radical (unpaired) electrons. The quantitative estimate of drug-likeness (QED) is 0.870. The molecule has 90 valence electrons. The zero-order chi connectivity index (χ0) is 12.4. The van der Waals surface area contributed by atoms with E-state index in [1.54, 1.807) is 12.1 Å². The number of para-hydroxylation sites is 1. The third-order valence-electron chi connectivity index (χ3n) is 2.46. The van der Waals surface area contributed by atoms with E-state index in [0.29, 0.717) is 23.4 Å². The Morgan fingerprint density at radius 1 is 1.47 bits per heavy atom. The fourth-order valence-corrected chi connectivity index (χ4v) is 1.59. The maximum absolute atomic E-state index is 11.0. The van der Waals surface area contributed by atoms with Crippen molar-refractivity contribution < 1.29 is 14.3 Å². The number of carboxylic acid groups (broad SMARTS) is 1. The second-order valence-electron chi connectivity index (χ2n) is 4.12. The SMILES string of the molecule is CN(C)CCc1nc2cccc(C(=O)O)c2o1. The van der Waals surface area contributed by atoms with E-state index in [4.69, 9.17) is 9.52 Å². The highest BCUT2D eigenvalue weighted by molar-refractivity contribution is 5.99. The molecule has 1 aromatic heterocycles. The topological polar surface area (TPSA) is 66.6 Å². The van der Waals surface area contributed by atoms with Crippen molar-refractivity contribution in [3.8, 4) is 0 Å². The number of carbonyl (C=O) groups is 1. The van der Waals surface area contributed by atoms with Crippen LogP contribution in [-0.2, 0) is 6.42 Å². The lowest BCUT2D eigenvalue weighted by Crippen LogP contribution is -2.15. The van der Waals surface area contributed by atoms with Crippen LogP contribution < -0.4 is 0 Å². The van der Waals surface area contributed by atoms with Gasteiger partial charge in [0.1, 0.15) is 11.1 Å². The molecule has 0 aliphatic rings. The van der Waals surface area contributed by atoms with Gasteiger partial charge in [-0.1, -0.05) is 6.07 Å². The van der Waals surface area contributed by atoms with Gasteiger partial charge < -0.3 is 14.4 Å². The van der Waals surface area contributed by atoms with Crippen LogP contribution in [0.15, 0.2) is 22.6 Å². The minimum absolute atomic E-state index is 0.158. The number of hydrogen-bond donors (Lipinski definition) is 1.